The van der Waals surface area contributed by atoms with Crippen LogP contribution in [0.2, 0.25) is 5.02 Å². The number of rotatable bonds is 3. The maximum Gasteiger partial charge on any atom is 0.410 e. The highest BCUT2D eigenvalue weighted by atomic mass is 35.5. The first-order chi connectivity index (χ1) is 18.7. The number of ether oxygens (including phenoxy) is 2. The van der Waals surface area contributed by atoms with E-state index in [1.54, 1.807) is 4.90 Å². The van der Waals surface area contributed by atoms with Crippen molar-refractivity contribution in [3.63, 3.8) is 0 Å². The van der Waals surface area contributed by atoms with Crippen molar-refractivity contribution in [3.05, 3.63) is 82.2 Å². The molecule has 1 aliphatic carbocycles. The average Bonchev–Trinajstić information content (AvgIpc) is 3.23. The average molecular weight is 548 g/mol. The molecule has 4 heterocycles. The fourth-order valence-electron chi connectivity index (χ4n) is 5.98. The van der Waals surface area contributed by atoms with Gasteiger partial charge in [0.2, 0.25) is 0 Å². The van der Waals surface area contributed by atoms with Gasteiger partial charge in [-0.05, 0) is 67.3 Å². The Bertz CT molecular complexity index is 1430. The number of carbonyl (C=O) groups excluding carboxylic acids is 1. The van der Waals surface area contributed by atoms with Crippen molar-refractivity contribution in [1.29, 1.82) is 0 Å². The second-order valence-electron chi connectivity index (χ2n) is 11.6. The maximum atomic E-state index is 12.7. The molecule has 0 unspecified atom stereocenters. The number of aryl methyl sites for hydroxylation is 1. The number of imidazole rings is 1. The molecule has 0 spiro atoms. The molecule has 2 aliphatic heterocycles. The van der Waals surface area contributed by atoms with E-state index in [9.17, 15) is 4.79 Å². The van der Waals surface area contributed by atoms with Crippen LogP contribution in [-0.2, 0) is 21.9 Å². The van der Waals surface area contributed by atoms with Crippen molar-refractivity contribution in [2.45, 2.75) is 37.8 Å². The first-order valence-electron chi connectivity index (χ1n) is 13.4. The molecule has 3 aromatic rings. The van der Waals surface area contributed by atoms with Crippen LogP contribution >= 0.6 is 11.6 Å². The Morgan fingerprint density at radius 3 is 2.56 bits per heavy atom. The van der Waals surface area contributed by atoms with E-state index >= 15 is 0 Å². The van der Waals surface area contributed by atoms with Gasteiger partial charge in [-0.1, -0.05) is 23.7 Å². The summed E-state index contributed by atoms with van der Waals surface area (Å²) in [5.74, 6) is 0. The van der Waals surface area contributed by atoms with Gasteiger partial charge >= 0.3 is 6.09 Å². The Labute approximate surface area is 234 Å². The molecule has 1 amide bonds. The zero-order valence-corrected chi connectivity index (χ0v) is 23.6. The van der Waals surface area contributed by atoms with Crippen molar-refractivity contribution in [3.8, 4) is 0 Å². The molecule has 39 heavy (non-hydrogen) atoms. The van der Waals surface area contributed by atoms with E-state index in [2.05, 4.69) is 38.7 Å². The van der Waals surface area contributed by atoms with Gasteiger partial charge in [0.1, 0.15) is 5.60 Å². The lowest BCUT2D eigenvalue weighted by Crippen LogP contribution is -2.51. The molecule has 204 valence electrons. The SMILES string of the molecule is Cn1cncc1C1(C2=Cc3cccnc3[C@@H](N3CCN(C(=O)OC(C)(C)C)CC3)c3ccc(Cl)cc32)COC1. The van der Waals surface area contributed by atoms with Gasteiger partial charge in [0.05, 0.1) is 42.4 Å². The van der Waals surface area contributed by atoms with Crippen LogP contribution in [0.15, 0.2) is 49.1 Å². The summed E-state index contributed by atoms with van der Waals surface area (Å²) >= 11 is 6.65. The molecule has 3 aliphatic rings. The summed E-state index contributed by atoms with van der Waals surface area (Å²) in [5.41, 5.74) is 5.75. The van der Waals surface area contributed by atoms with Gasteiger partial charge in [0.15, 0.2) is 0 Å². The number of carbonyl (C=O) groups is 1. The van der Waals surface area contributed by atoms with Gasteiger partial charge in [-0.25, -0.2) is 9.78 Å². The lowest BCUT2D eigenvalue weighted by molar-refractivity contribution is -0.0313. The Morgan fingerprint density at radius 2 is 1.92 bits per heavy atom. The topological polar surface area (TPSA) is 72.7 Å². The number of benzene rings is 1. The summed E-state index contributed by atoms with van der Waals surface area (Å²) < 4.78 is 13.6. The minimum absolute atomic E-state index is 0.0902. The summed E-state index contributed by atoms with van der Waals surface area (Å²) in [6.45, 7) is 9.40. The highest BCUT2D eigenvalue weighted by molar-refractivity contribution is 6.30. The predicted octanol–water partition coefficient (Wildman–Crippen LogP) is 4.93. The van der Waals surface area contributed by atoms with Crippen molar-refractivity contribution in [2.24, 2.45) is 7.05 Å². The summed E-state index contributed by atoms with van der Waals surface area (Å²) in [6, 6.07) is 10.2. The summed E-state index contributed by atoms with van der Waals surface area (Å²) in [5, 5.41) is 0.687. The second-order valence-corrected chi connectivity index (χ2v) is 12.1. The zero-order chi connectivity index (χ0) is 27.4. The van der Waals surface area contributed by atoms with Crippen LogP contribution in [-0.4, -0.2) is 75.4 Å². The third-order valence-corrected chi connectivity index (χ3v) is 8.12. The van der Waals surface area contributed by atoms with Crippen LogP contribution in [0.4, 0.5) is 4.79 Å². The molecule has 0 bridgehead atoms. The molecular weight excluding hydrogens is 514 g/mol. The molecule has 2 saturated heterocycles. The highest BCUT2D eigenvalue weighted by Gasteiger charge is 2.48. The van der Waals surface area contributed by atoms with E-state index in [0.29, 0.717) is 44.4 Å². The standard InChI is InChI=1S/C30H34ClN5O3/c1-29(2,3)39-28(37)36-12-10-35(11-13-36)27-22-8-7-21(31)15-23(22)24(14-20-6-5-9-33-26(20)27)30(17-38-18-30)25-16-32-19-34(25)4/h5-9,14-16,19,27H,10-13,17-18H2,1-4H3/t27-/m0/s1. The number of piperazine rings is 1. The number of hydrogen-bond acceptors (Lipinski definition) is 6. The molecule has 6 rings (SSSR count). The quantitative estimate of drug-likeness (QED) is 0.463. The van der Waals surface area contributed by atoms with Crippen LogP contribution in [0.5, 0.6) is 0 Å². The fourth-order valence-corrected chi connectivity index (χ4v) is 6.15. The van der Waals surface area contributed by atoms with E-state index in [0.717, 1.165) is 28.1 Å². The van der Waals surface area contributed by atoms with Gasteiger partial charge in [0.25, 0.3) is 0 Å². The summed E-state index contributed by atoms with van der Waals surface area (Å²) in [7, 11) is 2.03. The number of nitrogens with zero attached hydrogens (tertiary/aromatic N) is 5. The van der Waals surface area contributed by atoms with E-state index in [-0.39, 0.29) is 17.6 Å². The van der Waals surface area contributed by atoms with E-state index in [1.165, 1.54) is 5.57 Å². The summed E-state index contributed by atoms with van der Waals surface area (Å²) in [6.07, 6.45) is 7.65. The molecule has 8 nitrogen and oxygen atoms in total. The molecule has 0 saturated carbocycles. The van der Waals surface area contributed by atoms with Gasteiger partial charge in [-0.3, -0.25) is 9.88 Å². The Kier molecular flexibility index (Phi) is 6.52. The monoisotopic (exact) mass is 547 g/mol. The number of halogens is 1. The Hall–Kier alpha value is -3.20. The fraction of sp³-hybridized carbons (Fsp3) is 0.433. The van der Waals surface area contributed by atoms with Gasteiger partial charge < -0.3 is 18.9 Å². The summed E-state index contributed by atoms with van der Waals surface area (Å²) in [4.78, 5) is 26.3. The molecular formula is C30H34ClN5O3. The second kappa shape index (κ2) is 9.77. The molecule has 0 radical (unpaired) electrons. The van der Waals surface area contributed by atoms with Gasteiger partial charge in [0, 0.05) is 50.6 Å². The Morgan fingerprint density at radius 1 is 1.15 bits per heavy atom. The van der Waals surface area contributed by atoms with E-state index in [1.807, 2.05) is 58.7 Å². The van der Waals surface area contributed by atoms with Gasteiger partial charge in [-0.15, -0.1) is 0 Å². The minimum atomic E-state index is -0.520. The maximum absolute atomic E-state index is 12.7. The normalized spacial score (nSPS) is 20.8. The van der Waals surface area contributed by atoms with Crippen molar-refractivity contribution < 1.29 is 14.3 Å². The molecule has 2 aromatic heterocycles. The first-order valence-corrected chi connectivity index (χ1v) is 13.8. The molecule has 9 heteroatoms. The molecule has 1 aromatic carbocycles. The number of fused-ring (bicyclic) bond motifs is 2. The van der Waals surface area contributed by atoms with Crippen LogP contribution in [0.3, 0.4) is 0 Å². The number of aromatic nitrogens is 3. The predicted molar refractivity (Wildman–Crippen MR) is 150 cm³/mol. The van der Waals surface area contributed by atoms with Crippen LogP contribution in [0, 0.1) is 0 Å². The van der Waals surface area contributed by atoms with Crippen molar-refractivity contribution in [1.82, 2.24) is 24.3 Å². The molecule has 2 fully saturated rings. The third-order valence-electron chi connectivity index (χ3n) is 7.88. The Balaban J connectivity index is 1.42. The van der Waals surface area contributed by atoms with Crippen molar-refractivity contribution in [2.75, 3.05) is 39.4 Å². The van der Waals surface area contributed by atoms with Gasteiger partial charge in [-0.2, -0.15) is 0 Å². The highest BCUT2D eigenvalue weighted by Crippen LogP contribution is 2.50. The van der Waals surface area contributed by atoms with E-state index in [4.69, 9.17) is 26.1 Å². The molecule has 0 N–H and O–H groups in total. The van der Waals surface area contributed by atoms with Crippen LogP contribution < -0.4 is 0 Å². The van der Waals surface area contributed by atoms with E-state index < -0.39 is 5.60 Å². The van der Waals surface area contributed by atoms with Crippen LogP contribution in [0.25, 0.3) is 11.6 Å². The largest absolute Gasteiger partial charge is 0.444 e. The first kappa shape index (κ1) is 26.0. The lowest BCUT2D eigenvalue weighted by Gasteiger charge is -2.44. The van der Waals surface area contributed by atoms with Crippen LogP contribution in [0.1, 0.15) is 54.9 Å². The third kappa shape index (κ3) is 4.64. The molecule has 1 atom stereocenters. The number of pyridine rings is 1. The lowest BCUT2D eigenvalue weighted by atomic mass is 9.71. The zero-order valence-electron chi connectivity index (χ0n) is 22.9. The number of hydrogen-bond donors (Lipinski definition) is 0. The smallest absolute Gasteiger partial charge is 0.410 e. The number of amides is 1. The van der Waals surface area contributed by atoms with Crippen molar-refractivity contribution >= 4 is 29.3 Å². The minimum Gasteiger partial charge on any atom is -0.444 e.